The average Bonchev–Trinajstić information content (AvgIpc) is 2.62. The summed E-state index contributed by atoms with van der Waals surface area (Å²) in [5, 5.41) is 1.89. The van der Waals surface area contributed by atoms with E-state index in [1.807, 2.05) is 36.4 Å². The summed E-state index contributed by atoms with van der Waals surface area (Å²) in [5.41, 5.74) is 3.47. The van der Waals surface area contributed by atoms with Gasteiger partial charge >= 0.3 is 0 Å². The van der Waals surface area contributed by atoms with Gasteiger partial charge in [0.05, 0.1) is 5.69 Å². The van der Waals surface area contributed by atoms with Crippen molar-refractivity contribution in [3.05, 3.63) is 90.0 Å². The number of rotatable bonds is 5. The third kappa shape index (κ3) is 3.65. The van der Waals surface area contributed by atoms with Crippen LogP contribution in [0.3, 0.4) is 0 Å². The second-order valence-corrected chi connectivity index (χ2v) is 7.68. The first-order valence-corrected chi connectivity index (χ1v) is 9.10. The van der Waals surface area contributed by atoms with Crippen LogP contribution in [0.2, 0.25) is 5.02 Å². The van der Waals surface area contributed by atoms with E-state index in [0.717, 1.165) is 0 Å². The molecule has 0 aromatic heterocycles. The van der Waals surface area contributed by atoms with Gasteiger partial charge in [-0.3, -0.25) is 10.0 Å². The van der Waals surface area contributed by atoms with Gasteiger partial charge in [0.15, 0.2) is 0 Å². The molecule has 23 heavy (non-hydrogen) atoms. The Kier molecular flexibility index (Phi) is 4.82. The van der Waals surface area contributed by atoms with E-state index in [1.165, 1.54) is 0 Å². The van der Waals surface area contributed by atoms with E-state index in [1.54, 1.807) is 48.5 Å². The smallest absolute Gasteiger partial charge is 0.280 e. The molecule has 0 saturated heterocycles. The molecule has 0 spiro atoms. The first kappa shape index (κ1) is 15.8. The number of anilines is 1. The lowest BCUT2D eigenvalue weighted by atomic mass is 10.3. The Morgan fingerprint density at radius 3 is 1.70 bits per heavy atom. The zero-order valence-electron chi connectivity index (χ0n) is 12.2. The van der Waals surface area contributed by atoms with Crippen LogP contribution in [0.5, 0.6) is 0 Å². The third-order valence-corrected chi connectivity index (χ3v) is 5.88. The first-order chi connectivity index (χ1) is 11.2. The van der Waals surface area contributed by atoms with Crippen molar-refractivity contribution in [2.45, 2.75) is 0 Å². The first-order valence-electron chi connectivity index (χ1n) is 7.10. The van der Waals surface area contributed by atoms with E-state index >= 15 is 0 Å². The maximum Gasteiger partial charge on any atom is 0.283 e. The molecule has 1 N–H and O–H groups in total. The van der Waals surface area contributed by atoms with Crippen LogP contribution < -0.4 is 16.1 Å². The summed E-state index contributed by atoms with van der Waals surface area (Å²) in [6.07, 6.45) is 0. The molecule has 3 aromatic rings. The maximum absolute atomic E-state index is 13.5. The Bertz CT molecular complexity index is 764. The van der Waals surface area contributed by atoms with Gasteiger partial charge in [-0.15, -0.1) is 0 Å². The molecule has 0 aliphatic carbocycles. The van der Waals surface area contributed by atoms with Crippen molar-refractivity contribution in [2.75, 3.05) is 5.48 Å². The summed E-state index contributed by atoms with van der Waals surface area (Å²) in [7, 11) is -3.25. The third-order valence-electron chi connectivity index (χ3n) is 3.33. The lowest BCUT2D eigenvalue weighted by Gasteiger charge is -2.19. The largest absolute Gasteiger partial charge is 0.283 e. The van der Waals surface area contributed by atoms with Crippen molar-refractivity contribution in [3.63, 3.8) is 0 Å². The molecule has 3 rings (SSSR count). The highest BCUT2D eigenvalue weighted by Crippen LogP contribution is 2.44. The summed E-state index contributed by atoms with van der Waals surface area (Å²) in [6.45, 7) is 0. The predicted octanol–water partition coefficient (Wildman–Crippen LogP) is 4.61. The summed E-state index contributed by atoms with van der Waals surface area (Å²) in [6, 6.07) is 25.4. The molecule has 3 nitrogen and oxygen atoms in total. The van der Waals surface area contributed by atoms with Crippen LogP contribution in [0.4, 0.5) is 5.69 Å². The highest BCUT2D eigenvalue weighted by Gasteiger charge is 2.29. The van der Waals surface area contributed by atoms with Crippen molar-refractivity contribution < 1.29 is 9.19 Å². The fraction of sp³-hybridized carbons (Fsp3) is 0. The molecule has 0 fully saturated rings. The van der Waals surface area contributed by atoms with E-state index in [-0.39, 0.29) is 0 Å². The molecule has 0 saturated carbocycles. The minimum Gasteiger partial charge on any atom is -0.280 e. The molecule has 0 heterocycles. The van der Waals surface area contributed by atoms with E-state index < -0.39 is 7.37 Å². The molecular weight excluding hydrogens is 329 g/mol. The van der Waals surface area contributed by atoms with Crippen LogP contribution in [0.15, 0.2) is 84.9 Å². The van der Waals surface area contributed by atoms with Crippen LogP contribution in [-0.4, -0.2) is 0 Å². The van der Waals surface area contributed by atoms with Gasteiger partial charge in [-0.25, -0.2) is 4.62 Å². The summed E-state index contributed by atoms with van der Waals surface area (Å²) in [5.74, 6) is 0. The highest BCUT2D eigenvalue weighted by atomic mass is 35.5. The molecule has 0 aliphatic heterocycles. The summed E-state index contributed by atoms with van der Waals surface area (Å²) in [4.78, 5) is 0. The van der Waals surface area contributed by atoms with Crippen LogP contribution in [-0.2, 0) is 9.19 Å². The van der Waals surface area contributed by atoms with Crippen molar-refractivity contribution >= 4 is 35.3 Å². The van der Waals surface area contributed by atoms with Gasteiger partial charge in [-0.2, -0.15) is 0 Å². The van der Waals surface area contributed by atoms with E-state index in [4.69, 9.17) is 16.2 Å². The monoisotopic (exact) mass is 343 g/mol. The van der Waals surface area contributed by atoms with Crippen LogP contribution >= 0.6 is 19.0 Å². The van der Waals surface area contributed by atoms with Crippen molar-refractivity contribution in [2.24, 2.45) is 0 Å². The van der Waals surface area contributed by atoms with Gasteiger partial charge in [0.2, 0.25) is 0 Å². The van der Waals surface area contributed by atoms with Gasteiger partial charge in [0.1, 0.15) is 0 Å². The molecule has 5 heteroatoms. The number of hydrogen-bond donors (Lipinski definition) is 1. The Morgan fingerprint density at radius 2 is 1.22 bits per heavy atom. The van der Waals surface area contributed by atoms with Crippen molar-refractivity contribution in [3.8, 4) is 0 Å². The van der Waals surface area contributed by atoms with Gasteiger partial charge in [-0.1, -0.05) is 48.0 Å². The molecule has 116 valence electrons. The van der Waals surface area contributed by atoms with Crippen molar-refractivity contribution in [1.82, 2.24) is 0 Å². The zero-order valence-corrected chi connectivity index (χ0v) is 13.9. The molecule has 0 aliphatic rings. The van der Waals surface area contributed by atoms with E-state index in [0.29, 0.717) is 21.3 Å². The highest BCUT2D eigenvalue weighted by molar-refractivity contribution is 7.74. The second kappa shape index (κ2) is 7.01. The topological polar surface area (TPSA) is 38.3 Å². The van der Waals surface area contributed by atoms with Gasteiger partial charge < -0.3 is 0 Å². The lowest BCUT2D eigenvalue weighted by Crippen LogP contribution is -2.20. The Hall–Kier alpha value is -2.06. The average molecular weight is 344 g/mol. The molecular formula is C18H15ClNO2P. The quantitative estimate of drug-likeness (QED) is 0.543. The molecule has 0 unspecified atom stereocenters. The van der Waals surface area contributed by atoms with Gasteiger partial charge in [-0.05, 0) is 48.5 Å². The predicted molar refractivity (Wildman–Crippen MR) is 95.9 cm³/mol. The van der Waals surface area contributed by atoms with Gasteiger partial charge in [0, 0.05) is 15.6 Å². The normalized spacial score (nSPS) is 11.2. The second-order valence-electron chi connectivity index (χ2n) is 4.92. The Morgan fingerprint density at radius 1 is 0.739 bits per heavy atom. The Balaban J connectivity index is 1.93. The number of nitrogens with one attached hydrogen (secondary N) is 1. The number of halogens is 1. The molecule has 0 atom stereocenters. The van der Waals surface area contributed by atoms with Crippen LogP contribution in [0.25, 0.3) is 0 Å². The van der Waals surface area contributed by atoms with E-state index in [9.17, 15) is 4.57 Å². The summed E-state index contributed by atoms with van der Waals surface area (Å²) < 4.78 is 19.2. The van der Waals surface area contributed by atoms with Crippen LogP contribution in [0.1, 0.15) is 0 Å². The molecule has 0 amide bonds. The number of hydrogen-bond acceptors (Lipinski definition) is 3. The molecule has 0 bridgehead atoms. The standard InChI is InChI=1S/C18H15ClNO2P/c19-15-11-13-16(14-12-15)20-22-23(21,17-7-3-1-4-8-17)18-9-5-2-6-10-18/h1-14,20H. The van der Waals surface area contributed by atoms with Crippen molar-refractivity contribution in [1.29, 1.82) is 0 Å². The maximum atomic E-state index is 13.5. The lowest BCUT2D eigenvalue weighted by molar-refractivity contribution is 0.404. The zero-order chi connectivity index (χ0) is 16.1. The minimum absolute atomic E-state index is 0.629. The summed E-state index contributed by atoms with van der Waals surface area (Å²) >= 11 is 5.87. The van der Waals surface area contributed by atoms with Gasteiger partial charge in [0.25, 0.3) is 7.37 Å². The minimum atomic E-state index is -3.25. The fourth-order valence-corrected chi connectivity index (χ4v) is 4.14. The van der Waals surface area contributed by atoms with Crippen LogP contribution in [0, 0.1) is 0 Å². The Labute approximate surface area is 140 Å². The fourth-order valence-electron chi connectivity index (χ4n) is 2.14. The molecule has 3 aromatic carbocycles. The molecule has 0 radical (unpaired) electrons. The SMILES string of the molecule is O=P(ONc1ccc(Cl)cc1)(c1ccccc1)c1ccccc1. The van der Waals surface area contributed by atoms with E-state index in [2.05, 4.69) is 5.48 Å². The number of benzene rings is 3.